The van der Waals surface area contributed by atoms with Crippen molar-refractivity contribution in [3.63, 3.8) is 0 Å². The molecule has 5 nitrogen and oxygen atoms in total. The Labute approximate surface area is 209 Å². The first-order valence-corrected chi connectivity index (χ1v) is 12.4. The second-order valence-electron chi connectivity index (χ2n) is 11.7. The lowest BCUT2D eigenvalue weighted by Gasteiger charge is -2.37. The number of hydrogen-bond acceptors (Lipinski definition) is 4. The van der Waals surface area contributed by atoms with Crippen molar-refractivity contribution in [1.82, 2.24) is 25.4 Å². The molecule has 0 amide bonds. The van der Waals surface area contributed by atoms with Crippen molar-refractivity contribution >= 4 is 0 Å². The number of rotatable bonds is 3. The second kappa shape index (κ2) is 7.51. The highest BCUT2D eigenvalue weighted by molar-refractivity contribution is 5.64. The van der Waals surface area contributed by atoms with Crippen LogP contribution in [0.15, 0.2) is 48.5 Å². The summed E-state index contributed by atoms with van der Waals surface area (Å²) in [6, 6.07) is 13.8. The molecule has 0 saturated heterocycles. The van der Waals surface area contributed by atoms with Crippen LogP contribution in [0.4, 0.5) is 8.78 Å². The largest absolute Gasteiger partial charge is 0.281 e. The molecule has 184 valence electrons. The number of nitrogens with zero attached hydrogens (tertiary/aromatic N) is 4. The highest BCUT2D eigenvalue weighted by Crippen LogP contribution is 2.69. The molecular weight excluding hydrogens is 456 g/mol. The third kappa shape index (κ3) is 3.04. The average molecular weight is 486 g/mol. The van der Waals surface area contributed by atoms with Crippen LogP contribution in [0, 0.1) is 17.0 Å². The smallest absolute Gasteiger partial charge is 0.135 e. The quantitative estimate of drug-likeness (QED) is 0.350. The van der Waals surface area contributed by atoms with Gasteiger partial charge >= 0.3 is 0 Å². The van der Waals surface area contributed by atoms with Crippen molar-refractivity contribution in [2.45, 2.75) is 64.2 Å². The van der Waals surface area contributed by atoms with E-state index in [9.17, 15) is 8.78 Å². The van der Waals surface area contributed by atoms with Crippen molar-refractivity contribution in [2.75, 3.05) is 0 Å². The summed E-state index contributed by atoms with van der Waals surface area (Å²) >= 11 is 0. The zero-order chi connectivity index (χ0) is 25.5. The number of halogens is 2. The molecule has 4 aromatic rings. The van der Waals surface area contributed by atoms with Gasteiger partial charge in [-0.1, -0.05) is 46.8 Å². The van der Waals surface area contributed by atoms with E-state index in [2.05, 4.69) is 67.1 Å². The Morgan fingerprint density at radius 3 is 2.33 bits per heavy atom. The molecule has 2 atom stereocenters. The van der Waals surface area contributed by atoms with Gasteiger partial charge in [-0.15, -0.1) is 5.10 Å². The Balaban J connectivity index is 1.48. The molecule has 1 aromatic carbocycles. The van der Waals surface area contributed by atoms with Gasteiger partial charge in [0.15, 0.2) is 0 Å². The fourth-order valence-electron chi connectivity index (χ4n) is 6.41. The minimum absolute atomic E-state index is 0.0440. The normalized spacial score (nSPS) is 22.1. The molecule has 36 heavy (non-hydrogen) atoms. The Kier molecular flexibility index (Phi) is 4.79. The van der Waals surface area contributed by atoms with E-state index in [0.29, 0.717) is 0 Å². The standard InChI is InChI=1S/C29H29F2N5/c1-27(2,3)24-15-21(33-35-24)20-10-7-11-23(32-20)29-13-12-17(28(29,4)5)16-14-22(34-36-26(16)29)25-18(30)8-6-9-19(25)31/h6-11,14-15,17H,12-13H2,1-5H3,(H,33,35)/t17-,29-/m0/s1. The van der Waals surface area contributed by atoms with E-state index in [1.165, 1.54) is 18.2 Å². The van der Waals surface area contributed by atoms with E-state index in [1.807, 2.05) is 18.2 Å². The predicted octanol–water partition coefficient (Wildman–Crippen LogP) is 6.71. The SMILES string of the molecule is CC(C)(C)c1cc(-c2cccc([C@@]34CC[C@@H](c5cc(-c6c(F)cccc6F)nnc53)C4(C)C)n2)n[nH]1. The number of aromatic amines is 1. The van der Waals surface area contributed by atoms with E-state index in [0.717, 1.165) is 46.9 Å². The van der Waals surface area contributed by atoms with Gasteiger partial charge in [-0.05, 0) is 66.1 Å². The van der Waals surface area contributed by atoms with Gasteiger partial charge < -0.3 is 0 Å². The molecule has 1 N–H and O–H groups in total. The van der Waals surface area contributed by atoms with Gasteiger partial charge in [0, 0.05) is 11.1 Å². The molecule has 0 aliphatic heterocycles. The summed E-state index contributed by atoms with van der Waals surface area (Å²) in [6.45, 7) is 10.9. The minimum Gasteiger partial charge on any atom is -0.281 e. The molecule has 2 bridgehead atoms. The lowest BCUT2D eigenvalue weighted by atomic mass is 9.66. The van der Waals surface area contributed by atoms with Crippen LogP contribution in [0.2, 0.25) is 0 Å². The molecule has 0 radical (unpaired) electrons. The zero-order valence-corrected chi connectivity index (χ0v) is 21.2. The summed E-state index contributed by atoms with van der Waals surface area (Å²) in [5.41, 5.74) is 4.91. The molecule has 3 aromatic heterocycles. The summed E-state index contributed by atoms with van der Waals surface area (Å²) in [6.07, 6.45) is 1.84. The van der Waals surface area contributed by atoms with Crippen LogP contribution < -0.4 is 0 Å². The highest BCUT2D eigenvalue weighted by Gasteiger charge is 2.65. The van der Waals surface area contributed by atoms with Crippen LogP contribution in [0.3, 0.4) is 0 Å². The Bertz CT molecular complexity index is 1480. The number of pyridine rings is 1. The minimum atomic E-state index is -0.635. The second-order valence-corrected chi connectivity index (χ2v) is 11.7. The molecule has 2 aliphatic carbocycles. The molecule has 1 saturated carbocycles. The molecular formula is C29H29F2N5. The number of hydrogen-bond donors (Lipinski definition) is 1. The summed E-state index contributed by atoms with van der Waals surface area (Å²) in [7, 11) is 0. The fourth-order valence-corrected chi connectivity index (χ4v) is 6.41. The van der Waals surface area contributed by atoms with E-state index in [1.54, 1.807) is 0 Å². The maximum absolute atomic E-state index is 14.5. The number of aromatic nitrogens is 5. The summed E-state index contributed by atoms with van der Waals surface area (Å²) in [4.78, 5) is 5.12. The van der Waals surface area contributed by atoms with Crippen LogP contribution in [0.1, 0.15) is 76.0 Å². The van der Waals surface area contributed by atoms with Crippen LogP contribution >= 0.6 is 0 Å². The zero-order valence-electron chi connectivity index (χ0n) is 21.2. The summed E-state index contributed by atoms with van der Waals surface area (Å²) < 4.78 is 29.0. The molecule has 2 aliphatic rings. The van der Waals surface area contributed by atoms with Gasteiger partial charge in [-0.3, -0.25) is 10.1 Å². The molecule has 1 fully saturated rings. The van der Waals surface area contributed by atoms with Gasteiger partial charge in [0.25, 0.3) is 0 Å². The molecule has 0 unspecified atom stereocenters. The van der Waals surface area contributed by atoms with E-state index in [-0.39, 0.29) is 28.0 Å². The van der Waals surface area contributed by atoms with Gasteiger partial charge in [-0.2, -0.15) is 10.2 Å². The third-order valence-electron chi connectivity index (χ3n) is 8.44. The van der Waals surface area contributed by atoms with Crippen molar-refractivity contribution in [3.05, 3.63) is 82.8 Å². The average Bonchev–Trinajstić information content (AvgIpc) is 3.48. The maximum atomic E-state index is 14.5. The first-order chi connectivity index (χ1) is 17.0. The van der Waals surface area contributed by atoms with E-state index >= 15 is 0 Å². The molecule has 3 heterocycles. The Morgan fingerprint density at radius 2 is 1.64 bits per heavy atom. The van der Waals surface area contributed by atoms with E-state index < -0.39 is 17.0 Å². The predicted molar refractivity (Wildman–Crippen MR) is 134 cm³/mol. The molecule has 7 heteroatoms. The van der Waals surface area contributed by atoms with Gasteiger partial charge in [0.05, 0.1) is 33.8 Å². The van der Waals surface area contributed by atoms with Crippen LogP contribution in [0.5, 0.6) is 0 Å². The van der Waals surface area contributed by atoms with Crippen molar-refractivity contribution < 1.29 is 8.78 Å². The molecule has 0 spiro atoms. The lowest BCUT2D eigenvalue weighted by molar-refractivity contribution is 0.243. The summed E-state index contributed by atoms with van der Waals surface area (Å²) in [5, 5.41) is 16.7. The number of nitrogens with one attached hydrogen (secondary N) is 1. The molecule has 6 rings (SSSR count). The maximum Gasteiger partial charge on any atom is 0.135 e. The van der Waals surface area contributed by atoms with Gasteiger partial charge in [0.2, 0.25) is 0 Å². The fraction of sp³-hybridized carbons (Fsp3) is 0.379. The van der Waals surface area contributed by atoms with E-state index in [4.69, 9.17) is 4.98 Å². The van der Waals surface area contributed by atoms with Gasteiger partial charge in [0.1, 0.15) is 17.3 Å². The van der Waals surface area contributed by atoms with Crippen LogP contribution in [0.25, 0.3) is 22.6 Å². The van der Waals surface area contributed by atoms with Crippen molar-refractivity contribution in [2.24, 2.45) is 5.41 Å². The van der Waals surface area contributed by atoms with Crippen molar-refractivity contribution in [1.29, 1.82) is 0 Å². The first kappa shape index (κ1) is 23.0. The van der Waals surface area contributed by atoms with Crippen molar-refractivity contribution in [3.8, 4) is 22.6 Å². The Morgan fingerprint density at radius 1 is 0.917 bits per heavy atom. The topological polar surface area (TPSA) is 67.3 Å². The van der Waals surface area contributed by atoms with Crippen LogP contribution in [-0.2, 0) is 10.8 Å². The third-order valence-corrected chi connectivity index (χ3v) is 8.44. The number of benzene rings is 1. The lowest BCUT2D eigenvalue weighted by Crippen LogP contribution is -2.37. The van der Waals surface area contributed by atoms with Gasteiger partial charge in [-0.25, -0.2) is 8.78 Å². The number of H-pyrrole nitrogens is 1. The first-order valence-electron chi connectivity index (χ1n) is 12.4. The summed E-state index contributed by atoms with van der Waals surface area (Å²) in [5.74, 6) is -1.08. The number of fused-ring (bicyclic) bond motifs is 5. The highest BCUT2D eigenvalue weighted by atomic mass is 19.1. The Hall–Kier alpha value is -3.48. The monoisotopic (exact) mass is 485 g/mol. The van der Waals surface area contributed by atoms with Crippen LogP contribution in [-0.4, -0.2) is 25.4 Å².